The molecule has 1 fully saturated rings. The molecule has 1 heterocycles. The van der Waals surface area contributed by atoms with Crippen molar-refractivity contribution in [3.63, 3.8) is 0 Å². The number of piperidine rings is 1. The van der Waals surface area contributed by atoms with Gasteiger partial charge in [0.25, 0.3) is 5.91 Å². The fraction of sp³-hybridized carbons (Fsp3) is 0.300. The van der Waals surface area contributed by atoms with Gasteiger partial charge in [-0.15, -0.1) is 0 Å². The summed E-state index contributed by atoms with van der Waals surface area (Å²) >= 11 is 0. The number of aliphatic hydroxyl groups is 1. The predicted octanol–water partition coefficient (Wildman–Crippen LogP) is 2.82. The molecule has 24 heavy (non-hydrogen) atoms. The zero-order valence-corrected chi connectivity index (χ0v) is 13.7. The number of likely N-dealkylation sites (tertiary alicyclic amines) is 1. The highest BCUT2D eigenvalue weighted by Crippen LogP contribution is 2.19. The summed E-state index contributed by atoms with van der Waals surface area (Å²) in [4.78, 5) is 27.3. The van der Waals surface area contributed by atoms with Crippen LogP contribution in [0, 0.1) is 6.92 Å². The highest BCUT2D eigenvalue weighted by molar-refractivity contribution is 6.15. The molecule has 0 spiro atoms. The quantitative estimate of drug-likeness (QED) is 0.884. The van der Waals surface area contributed by atoms with E-state index in [1.807, 2.05) is 19.1 Å². The van der Waals surface area contributed by atoms with E-state index in [0.717, 1.165) is 5.56 Å². The third-order valence-electron chi connectivity index (χ3n) is 4.47. The lowest BCUT2D eigenvalue weighted by Crippen LogP contribution is -2.40. The molecule has 1 aliphatic heterocycles. The van der Waals surface area contributed by atoms with Gasteiger partial charge in [0, 0.05) is 24.2 Å². The van der Waals surface area contributed by atoms with Crippen molar-refractivity contribution in [2.24, 2.45) is 0 Å². The van der Waals surface area contributed by atoms with Crippen LogP contribution in [0.1, 0.15) is 44.7 Å². The standard InChI is InChI=1S/C20H21NO3/c1-14-6-8-15(9-7-14)19(23)17-4-2-3-5-18(17)20(24)21-12-10-16(22)11-13-21/h2-9,16,22H,10-13H2,1H3. The Bertz CT molecular complexity index is 744. The molecule has 0 atom stereocenters. The Balaban J connectivity index is 1.89. The van der Waals surface area contributed by atoms with Crippen molar-refractivity contribution in [2.75, 3.05) is 13.1 Å². The van der Waals surface area contributed by atoms with E-state index in [1.165, 1.54) is 0 Å². The summed E-state index contributed by atoms with van der Waals surface area (Å²) < 4.78 is 0. The molecule has 1 saturated heterocycles. The van der Waals surface area contributed by atoms with Crippen LogP contribution in [-0.2, 0) is 0 Å². The highest BCUT2D eigenvalue weighted by Gasteiger charge is 2.25. The molecule has 2 aromatic carbocycles. The van der Waals surface area contributed by atoms with Crippen molar-refractivity contribution in [1.29, 1.82) is 0 Å². The number of nitrogens with zero attached hydrogens (tertiary/aromatic N) is 1. The second-order valence-electron chi connectivity index (χ2n) is 6.26. The predicted molar refractivity (Wildman–Crippen MR) is 92.2 cm³/mol. The van der Waals surface area contributed by atoms with Crippen molar-refractivity contribution in [3.05, 3.63) is 70.8 Å². The van der Waals surface area contributed by atoms with Crippen LogP contribution in [0.4, 0.5) is 0 Å². The molecule has 1 aliphatic rings. The number of rotatable bonds is 3. The summed E-state index contributed by atoms with van der Waals surface area (Å²) in [6.07, 6.45) is 0.832. The van der Waals surface area contributed by atoms with Gasteiger partial charge in [0.2, 0.25) is 0 Å². The fourth-order valence-electron chi connectivity index (χ4n) is 2.97. The maximum atomic E-state index is 12.8. The highest BCUT2D eigenvalue weighted by atomic mass is 16.3. The minimum atomic E-state index is -0.335. The van der Waals surface area contributed by atoms with E-state index < -0.39 is 0 Å². The topological polar surface area (TPSA) is 57.6 Å². The third-order valence-corrected chi connectivity index (χ3v) is 4.47. The van der Waals surface area contributed by atoms with Gasteiger partial charge in [-0.1, -0.05) is 48.0 Å². The van der Waals surface area contributed by atoms with E-state index in [2.05, 4.69) is 0 Å². The maximum Gasteiger partial charge on any atom is 0.254 e. The molecule has 0 saturated carbocycles. The van der Waals surface area contributed by atoms with E-state index in [-0.39, 0.29) is 17.8 Å². The molecular formula is C20H21NO3. The number of benzene rings is 2. The lowest BCUT2D eigenvalue weighted by Gasteiger charge is -2.30. The molecule has 1 N–H and O–H groups in total. The van der Waals surface area contributed by atoms with Crippen molar-refractivity contribution < 1.29 is 14.7 Å². The van der Waals surface area contributed by atoms with Gasteiger partial charge >= 0.3 is 0 Å². The smallest absolute Gasteiger partial charge is 0.254 e. The second kappa shape index (κ2) is 6.97. The normalized spacial score (nSPS) is 15.3. The third kappa shape index (κ3) is 3.39. The van der Waals surface area contributed by atoms with Crippen molar-refractivity contribution in [2.45, 2.75) is 25.9 Å². The summed E-state index contributed by atoms with van der Waals surface area (Å²) in [5, 5.41) is 9.60. The second-order valence-corrected chi connectivity index (χ2v) is 6.26. The molecule has 0 bridgehead atoms. The van der Waals surface area contributed by atoms with Crippen LogP contribution < -0.4 is 0 Å². The minimum absolute atomic E-state index is 0.141. The minimum Gasteiger partial charge on any atom is -0.393 e. The Morgan fingerprint density at radius 1 is 0.958 bits per heavy atom. The van der Waals surface area contributed by atoms with Gasteiger partial charge < -0.3 is 10.0 Å². The van der Waals surface area contributed by atoms with Crippen LogP contribution >= 0.6 is 0 Å². The van der Waals surface area contributed by atoms with Gasteiger partial charge in [0.1, 0.15) is 0 Å². The Labute approximate surface area is 141 Å². The van der Waals surface area contributed by atoms with E-state index >= 15 is 0 Å². The van der Waals surface area contributed by atoms with Crippen molar-refractivity contribution >= 4 is 11.7 Å². The fourth-order valence-corrected chi connectivity index (χ4v) is 2.97. The Kier molecular flexibility index (Phi) is 4.76. The van der Waals surface area contributed by atoms with Crippen LogP contribution in [0.5, 0.6) is 0 Å². The first-order chi connectivity index (χ1) is 11.6. The van der Waals surface area contributed by atoms with Crippen LogP contribution in [0.15, 0.2) is 48.5 Å². The van der Waals surface area contributed by atoms with Gasteiger partial charge in [0.05, 0.1) is 11.7 Å². The summed E-state index contributed by atoms with van der Waals surface area (Å²) in [5.74, 6) is -0.283. The van der Waals surface area contributed by atoms with Gasteiger partial charge in [-0.3, -0.25) is 9.59 Å². The van der Waals surface area contributed by atoms with Crippen molar-refractivity contribution in [3.8, 4) is 0 Å². The number of aryl methyl sites for hydroxylation is 1. The molecule has 1 amide bonds. The summed E-state index contributed by atoms with van der Waals surface area (Å²) in [6, 6.07) is 14.3. The Hall–Kier alpha value is -2.46. The van der Waals surface area contributed by atoms with Crippen LogP contribution in [0.3, 0.4) is 0 Å². The number of carbonyl (C=O) groups is 2. The molecule has 0 aromatic heterocycles. The lowest BCUT2D eigenvalue weighted by molar-refractivity contribution is 0.0544. The average molecular weight is 323 g/mol. The first-order valence-corrected chi connectivity index (χ1v) is 8.24. The molecule has 2 aromatic rings. The average Bonchev–Trinajstić information content (AvgIpc) is 2.62. The lowest BCUT2D eigenvalue weighted by atomic mass is 9.96. The molecule has 4 nitrogen and oxygen atoms in total. The molecule has 0 radical (unpaired) electrons. The first kappa shape index (κ1) is 16.4. The van der Waals surface area contributed by atoms with Gasteiger partial charge in [-0.05, 0) is 25.8 Å². The molecule has 4 heteroatoms. The number of carbonyl (C=O) groups excluding carboxylic acids is 2. The van der Waals surface area contributed by atoms with Crippen LogP contribution in [0.25, 0.3) is 0 Å². The summed E-state index contributed by atoms with van der Waals surface area (Å²) in [6.45, 7) is 3.01. The summed E-state index contributed by atoms with van der Waals surface area (Å²) in [5.41, 5.74) is 2.52. The molecule has 0 aliphatic carbocycles. The van der Waals surface area contributed by atoms with E-state index in [0.29, 0.717) is 42.6 Å². The van der Waals surface area contributed by atoms with Crippen LogP contribution in [0.2, 0.25) is 0 Å². The first-order valence-electron chi connectivity index (χ1n) is 8.24. The SMILES string of the molecule is Cc1ccc(C(=O)c2ccccc2C(=O)N2CCC(O)CC2)cc1. The molecule has 0 unspecified atom stereocenters. The van der Waals surface area contributed by atoms with Gasteiger partial charge in [-0.25, -0.2) is 0 Å². The van der Waals surface area contributed by atoms with Gasteiger partial charge in [0.15, 0.2) is 5.78 Å². The Morgan fingerprint density at radius 3 is 2.17 bits per heavy atom. The zero-order valence-electron chi connectivity index (χ0n) is 13.7. The number of amides is 1. The number of ketones is 1. The Morgan fingerprint density at radius 2 is 1.54 bits per heavy atom. The summed E-state index contributed by atoms with van der Waals surface area (Å²) in [7, 11) is 0. The number of hydrogen-bond acceptors (Lipinski definition) is 3. The largest absolute Gasteiger partial charge is 0.393 e. The monoisotopic (exact) mass is 323 g/mol. The molecule has 124 valence electrons. The number of aliphatic hydroxyl groups excluding tert-OH is 1. The molecular weight excluding hydrogens is 302 g/mol. The van der Waals surface area contributed by atoms with Gasteiger partial charge in [-0.2, -0.15) is 0 Å². The van der Waals surface area contributed by atoms with E-state index in [9.17, 15) is 14.7 Å². The zero-order chi connectivity index (χ0) is 17.1. The number of hydrogen-bond donors (Lipinski definition) is 1. The maximum absolute atomic E-state index is 12.8. The van der Waals surface area contributed by atoms with Crippen LogP contribution in [-0.4, -0.2) is 40.9 Å². The van der Waals surface area contributed by atoms with E-state index in [1.54, 1.807) is 41.3 Å². The molecule has 3 rings (SSSR count). The van der Waals surface area contributed by atoms with Crippen molar-refractivity contribution in [1.82, 2.24) is 4.90 Å². The van der Waals surface area contributed by atoms with E-state index in [4.69, 9.17) is 0 Å².